The van der Waals surface area contributed by atoms with Gasteiger partial charge in [0.05, 0.1) is 11.3 Å². The molecule has 4 aromatic rings. The molecule has 0 bridgehead atoms. The fourth-order valence-corrected chi connectivity index (χ4v) is 4.16. The third-order valence-electron chi connectivity index (χ3n) is 6.27. The van der Waals surface area contributed by atoms with Crippen LogP contribution in [0.3, 0.4) is 0 Å². The lowest BCUT2D eigenvalue weighted by molar-refractivity contribution is -0.141. The van der Waals surface area contributed by atoms with Crippen molar-refractivity contribution in [3.8, 4) is 16.8 Å². The first-order valence-electron chi connectivity index (χ1n) is 11.6. The minimum atomic E-state index is -0.823. The Morgan fingerprint density at radius 3 is 2.57 bits per heavy atom. The van der Waals surface area contributed by atoms with Crippen molar-refractivity contribution in [3.05, 3.63) is 94.4 Å². The van der Waals surface area contributed by atoms with Crippen LogP contribution in [0.2, 0.25) is 0 Å². The second-order valence-electron chi connectivity index (χ2n) is 9.06. The summed E-state index contributed by atoms with van der Waals surface area (Å²) in [4.78, 5) is 41.6. The lowest BCUT2D eigenvalue weighted by Crippen LogP contribution is -2.31. The van der Waals surface area contributed by atoms with Crippen molar-refractivity contribution < 1.29 is 14.7 Å². The number of nitrogens with zero attached hydrogens (tertiary/aromatic N) is 2. The van der Waals surface area contributed by atoms with Crippen LogP contribution >= 0.6 is 0 Å². The number of fused-ring (bicyclic) bond motifs is 1. The maximum Gasteiger partial charge on any atom is 0.306 e. The number of carbonyl (C=O) groups is 2. The highest BCUT2D eigenvalue weighted by Gasteiger charge is 2.26. The first-order valence-corrected chi connectivity index (χ1v) is 11.6. The molecule has 0 spiro atoms. The maximum absolute atomic E-state index is 13.1. The molecule has 7 nitrogen and oxygen atoms in total. The summed E-state index contributed by atoms with van der Waals surface area (Å²) in [5.74, 6) is -1.67. The molecule has 1 atom stereocenters. The number of hydrogen-bond acceptors (Lipinski definition) is 4. The van der Waals surface area contributed by atoms with Gasteiger partial charge in [-0.2, -0.15) is 0 Å². The number of benzene rings is 2. The zero-order valence-electron chi connectivity index (χ0n) is 19.3. The van der Waals surface area contributed by atoms with Crippen LogP contribution in [0.4, 0.5) is 0 Å². The Labute approximate surface area is 202 Å². The fraction of sp³-hybridized carbons (Fsp3) is 0.214. The van der Waals surface area contributed by atoms with Gasteiger partial charge in [0.25, 0.3) is 5.91 Å². The van der Waals surface area contributed by atoms with Crippen LogP contribution in [0, 0.1) is 5.92 Å². The molecule has 1 amide bonds. The molecule has 5 rings (SSSR count). The molecule has 0 saturated heterocycles. The Morgan fingerprint density at radius 2 is 1.83 bits per heavy atom. The number of nitrogens with one attached hydrogen (secondary N) is 1. The number of carboxylic acids is 1. The molecule has 1 aliphatic carbocycles. The molecule has 0 aliphatic heterocycles. The van der Waals surface area contributed by atoms with E-state index in [0.717, 1.165) is 35.2 Å². The number of aliphatic carboxylic acids is 1. The molecule has 2 aromatic heterocycles. The zero-order chi connectivity index (χ0) is 24.5. The molecule has 1 saturated carbocycles. The van der Waals surface area contributed by atoms with Crippen LogP contribution in [0.15, 0.2) is 77.9 Å². The molecule has 2 aromatic carbocycles. The normalized spacial score (nSPS) is 14.0. The second-order valence-corrected chi connectivity index (χ2v) is 9.06. The second kappa shape index (κ2) is 9.18. The maximum atomic E-state index is 13.1. The number of amides is 1. The summed E-state index contributed by atoms with van der Waals surface area (Å²) in [5, 5.41) is 12.5. The Balaban J connectivity index is 1.58. The van der Waals surface area contributed by atoms with Gasteiger partial charge in [-0.3, -0.25) is 14.4 Å². The van der Waals surface area contributed by atoms with E-state index in [-0.39, 0.29) is 22.9 Å². The third kappa shape index (κ3) is 4.71. The lowest BCUT2D eigenvalue weighted by Gasteiger charge is -2.14. The summed E-state index contributed by atoms with van der Waals surface area (Å²) in [6, 6.07) is 19.1. The van der Waals surface area contributed by atoms with E-state index in [2.05, 4.69) is 10.3 Å². The number of aromatic nitrogens is 2. The molecule has 2 heterocycles. The summed E-state index contributed by atoms with van der Waals surface area (Å²) < 4.78 is 1.78. The van der Waals surface area contributed by atoms with Gasteiger partial charge in [-0.25, -0.2) is 4.98 Å². The predicted molar refractivity (Wildman–Crippen MR) is 134 cm³/mol. The Kier molecular flexibility index (Phi) is 5.91. The molecule has 7 heteroatoms. The van der Waals surface area contributed by atoms with Gasteiger partial charge in [-0.15, -0.1) is 0 Å². The summed E-state index contributed by atoms with van der Waals surface area (Å²) >= 11 is 0. The molecular formula is C28H25N3O4. The van der Waals surface area contributed by atoms with Gasteiger partial charge in [0.2, 0.25) is 5.43 Å². The van der Waals surface area contributed by atoms with Crippen molar-refractivity contribution in [2.24, 2.45) is 5.92 Å². The highest BCUT2D eigenvalue weighted by molar-refractivity contribution is 5.97. The Morgan fingerprint density at radius 1 is 1.09 bits per heavy atom. The van der Waals surface area contributed by atoms with Crippen LogP contribution in [0.1, 0.15) is 35.7 Å². The molecular weight excluding hydrogens is 442 g/mol. The fourth-order valence-electron chi connectivity index (χ4n) is 4.16. The van der Waals surface area contributed by atoms with Gasteiger partial charge < -0.3 is 15.0 Å². The number of rotatable bonds is 7. The van der Waals surface area contributed by atoms with E-state index in [1.54, 1.807) is 36.0 Å². The van der Waals surface area contributed by atoms with Crippen molar-refractivity contribution in [3.63, 3.8) is 0 Å². The molecule has 0 radical (unpaired) electrons. The quantitative estimate of drug-likeness (QED) is 0.424. The number of pyridine rings is 2. The van der Waals surface area contributed by atoms with Crippen LogP contribution in [-0.2, 0) is 11.2 Å². The van der Waals surface area contributed by atoms with Gasteiger partial charge in [0, 0.05) is 24.1 Å². The molecule has 1 unspecified atom stereocenters. The number of carbonyl (C=O) groups excluding carboxylic acids is 1. The molecule has 2 N–H and O–H groups in total. The highest BCUT2D eigenvalue weighted by Crippen LogP contribution is 2.26. The topological polar surface area (TPSA) is 101 Å². The average Bonchev–Trinajstić information content (AvgIpc) is 3.68. The molecule has 176 valence electrons. The number of hydrogen-bond donors (Lipinski definition) is 2. The minimum Gasteiger partial charge on any atom is -0.481 e. The van der Waals surface area contributed by atoms with Crippen LogP contribution in [0.5, 0.6) is 0 Å². The van der Waals surface area contributed by atoms with Gasteiger partial charge in [-0.1, -0.05) is 43.3 Å². The smallest absolute Gasteiger partial charge is 0.306 e. The molecule has 1 fully saturated rings. The van der Waals surface area contributed by atoms with Crippen molar-refractivity contribution in [2.45, 2.75) is 32.2 Å². The van der Waals surface area contributed by atoms with Gasteiger partial charge in [0.1, 0.15) is 11.2 Å². The van der Waals surface area contributed by atoms with Crippen molar-refractivity contribution in [2.75, 3.05) is 0 Å². The summed E-state index contributed by atoms with van der Waals surface area (Å²) in [6.07, 6.45) is 5.50. The van der Waals surface area contributed by atoms with E-state index in [0.29, 0.717) is 17.5 Å². The zero-order valence-corrected chi connectivity index (χ0v) is 19.3. The monoisotopic (exact) mass is 467 g/mol. The van der Waals surface area contributed by atoms with Crippen molar-refractivity contribution in [1.82, 2.24) is 14.9 Å². The largest absolute Gasteiger partial charge is 0.481 e. The molecule has 1 aliphatic rings. The van der Waals surface area contributed by atoms with Crippen LogP contribution in [0.25, 0.3) is 27.8 Å². The Hall–Kier alpha value is -4.26. The highest BCUT2D eigenvalue weighted by atomic mass is 16.4. The SMILES string of the molecule is CC(Cc1cccc(-c2cccc(-n3cc(C(=O)NC4CC4)c(=O)c4cccnc43)c2)c1)C(=O)O. The Bertz CT molecular complexity index is 1500. The average molecular weight is 468 g/mol. The van der Waals surface area contributed by atoms with Crippen LogP contribution < -0.4 is 10.7 Å². The van der Waals surface area contributed by atoms with Gasteiger partial charge in [0.15, 0.2) is 0 Å². The summed E-state index contributed by atoms with van der Waals surface area (Å²) in [6.45, 7) is 1.70. The third-order valence-corrected chi connectivity index (χ3v) is 6.27. The molecule has 35 heavy (non-hydrogen) atoms. The van der Waals surface area contributed by atoms with E-state index in [1.165, 1.54) is 0 Å². The first kappa shape index (κ1) is 22.5. The van der Waals surface area contributed by atoms with E-state index < -0.39 is 11.9 Å². The van der Waals surface area contributed by atoms with Crippen LogP contribution in [-0.4, -0.2) is 32.6 Å². The standard InChI is InChI=1S/C28H25N3O4/c1-17(28(34)35)13-18-5-2-6-19(14-18)20-7-3-8-22(15-20)31-16-24(27(33)30-21-10-11-21)25(32)23-9-4-12-29-26(23)31/h2-9,12,14-17,21H,10-11,13H2,1H3,(H,30,33)(H,34,35). The van der Waals surface area contributed by atoms with E-state index in [1.807, 2.05) is 48.5 Å². The minimum absolute atomic E-state index is 0.0902. The van der Waals surface area contributed by atoms with Gasteiger partial charge in [-0.05, 0) is 60.2 Å². The summed E-state index contributed by atoms with van der Waals surface area (Å²) in [7, 11) is 0. The predicted octanol–water partition coefficient (Wildman–Crippen LogP) is 4.21. The van der Waals surface area contributed by atoms with E-state index in [9.17, 15) is 19.5 Å². The number of carboxylic acid groups (broad SMARTS) is 1. The first-order chi connectivity index (χ1) is 16.9. The van der Waals surface area contributed by atoms with Crippen molar-refractivity contribution >= 4 is 22.9 Å². The van der Waals surface area contributed by atoms with Gasteiger partial charge >= 0.3 is 5.97 Å². The van der Waals surface area contributed by atoms with Crippen molar-refractivity contribution in [1.29, 1.82) is 0 Å². The van der Waals surface area contributed by atoms with E-state index in [4.69, 9.17) is 0 Å². The van der Waals surface area contributed by atoms with E-state index >= 15 is 0 Å². The summed E-state index contributed by atoms with van der Waals surface area (Å²) in [5.41, 5.74) is 3.81. The lowest BCUT2D eigenvalue weighted by atomic mass is 9.97.